The number of nitrogens with one attached hydrogen (secondary N) is 2. The van der Waals surface area contributed by atoms with Gasteiger partial charge in [0.05, 0.1) is 0 Å². The van der Waals surface area contributed by atoms with Crippen LogP contribution < -0.4 is 10.6 Å². The smallest absolute Gasteiger partial charge is 0.326 e. The van der Waals surface area contributed by atoms with Crippen molar-refractivity contribution in [2.45, 2.75) is 31.8 Å². The first-order valence-electron chi connectivity index (χ1n) is 11.0. The molecule has 3 aromatic carbocycles. The van der Waals surface area contributed by atoms with Crippen molar-refractivity contribution in [3.63, 3.8) is 0 Å². The molecule has 35 heavy (non-hydrogen) atoms. The highest BCUT2D eigenvalue weighted by atomic mass is 19.1. The second-order valence-electron chi connectivity index (χ2n) is 8.04. The molecule has 0 aliphatic heterocycles. The fourth-order valence-corrected chi connectivity index (χ4v) is 3.59. The number of carbonyl (C=O) groups is 4. The van der Waals surface area contributed by atoms with E-state index in [-0.39, 0.29) is 24.2 Å². The Morgan fingerprint density at radius 3 is 1.97 bits per heavy atom. The van der Waals surface area contributed by atoms with Crippen LogP contribution in [-0.2, 0) is 27.2 Å². The monoisotopic (exact) mass is 476 g/mol. The first kappa shape index (κ1) is 25.3. The van der Waals surface area contributed by atoms with E-state index in [0.29, 0.717) is 16.7 Å². The van der Waals surface area contributed by atoms with E-state index in [2.05, 4.69) is 10.6 Å². The number of amides is 2. The van der Waals surface area contributed by atoms with Crippen molar-refractivity contribution in [1.29, 1.82) is 0 Å². The molecule has 0 saturated heterocycles. The van der Waals surface area contributed by atoms with Gasteiger partial charge in [0.15, 0.2) is 5.78 Å². The Kier molecular flexibility index (Phi) is 8.45. The van der Waals surface area contributed by atoms with Crippen molar-refractivity contribution in [2.24, 2.45) is 0 Å². The second-order valence-corrected chi connectivity index (χ2v) is 8.04. The number of carboxylic acid groups (broad SMARTS) is 1. The molecule has 0 bridgehead atoms. The normalized spacial score (nSPS) is 12.3. The minimum Gasteiger partial charge on any atom is -0.480 e. The predicted octanol–water partition coefficient (Wildman–Crippen LogP) is 2.92. The lowest BCUT2D eigenvalue weighted by atomic mass is 9.99. The highest BCUT2D eigenvalue weighted by molar-refractivity contribution is 6.08. The van der Waals surface area contributed by atoms with Crippen LogP contribution in [0.3, 0.4) is 0 Å². The van der Waals surface area contributed by atoms with Gasteiger partial charge in [-0.15, -0.1) is 0 Å². The van der Waals surface area contributed by atoms with Gasteiger partial charge in [0.2, 0.25) is 11.8 Å². The van der Waals surface area contributed by atoms with Crippen molar-refractivity contribution in [3.8, 4) is 0 Å². The van der Waals surface area contributed by atoms with Gasteiger partial charge in [-0.3, -0.25) is 14.4 Å². The lowest BCUT2D eigenvalue weighted by Crippen LogP contribution is -2.52. The maximum Gasteiger partial charge on any atom is 0.326 e. The van der Waals surface area contributed by atoms with Crippen LogP contribution in [0.2, 0.25) is 0 Å². The molecule has 2 atom stereocenters. The van der Waals surface area contributed by atoms with Gasteiger partial charge in [-0.1, -0.05) is 72.8 Å². The standard InChI is InChI=1S/C27H25FN2O5/c1-17(31)29-23(16-21-9-5-6-10-22(21)28)26(33)30-24(27(34)35)15-18-11-13-20(14-12-18)25(32)19-7-3-2-4-8-19/h2-14,23-24H,15-16H2,1H3,(H,29,31)(H,30,33)(H,34,35)/t23-,24-/m0/s1. The van der Waals surface area contributed by atoms with Crippen LogP contribution in [0.1, 0.15) is 34.0 Å². The molecule has 0 aliphatic rings. The molecule has 0 fully saturated rings. The van der Waals surface area contributed by atoms with Gasteiger partial charge < -0.3 is 15.7 Å². The van der Waals surface area contributed by atoms with Gasteiger partial charge in [0, 0.05) is 30.9 Å². The summed E-state index contributed by atoms with van der Waals surface area (Å²) in [6.45, 7) is 1.22. The Morgan fingerprint density at radius 1 is 0.771 bits per heavy atom. The van der Waals surface area contributed by atoms with Crippen LogP contribution >= 0.6 is 0 Å². The summed E-state index contributed by atoms with van der Waals surface area (Å²) in [5, 5.41) is 14.5. The van der Waals surface area contributed by atoms with E-state index in [0.717, 1.165) is 0 Å². The largest absolute Gasteiger partial charge is 0.480 e. The van der Waals surface area contributed by atoms with E-state index in [1.165, 1.54) is 25.1 Å². The molecule has 0 aliphatic carbocycles. The first-order valence-corrected chi connectivity index (χ1v) is 11.0. The molecule has 8 heteroatoms. The summed E-state index contributed by atoms with van der Waals surface area (Å²) in [5.41, 5.74) is 1.79. The molecule has 3 N–H and O–H groups in total. The van der Waals surface area contributed by atoms with Crippen LogP contribution in [-0.4, -0.2) is 40.8 Å². The third-order valence-corrected chi connectivity index (χ3v) is 5.38. The van der Waals surface area contributed by atoms with Gasteiger partial charge in [-0.2, -0.15) is 0 Å². The third-order valence-electron chi connectivity index (χ3n) is 5.38. The number of carbonyl (C=O) groups excluding carboxylic acids is 3. The first-order chi connectivity index (χ1) is 16.7. The summed E-state index contributed by atoms with van der Waals surface area (Å²) in [4.78, 5) is 48.8. The second kappa shape index (κ2) is 11.7. The van der Waals surface area contributed by atoms with E-state index < -0.39 is 35.7 Å². The third kappa shape index (κ3) is 7.07. The summed E-state index contributed by atoms with van der Waals surface area (Å²) in [5.74, 6) is -3.21. The number of hydrogen-bond donors (Lipinski definition) is 3. The summed E-state index contributed by atoms with van der Waals surface area (Å²) >= 11 is 0. The highest BCUT2D eigenvalue weighted by Gasteiger charge is 2.27. The summed E-state index contributed by atoms with van der Waals surface area (Å²) in [6.07, 6.45) is -0.186. The molecule has 0 saturated carbocycles. The predicted molar refractivity (Wildman–Crippen MR) is 127 cm³/mol. The van der Waals surface area contributed by atoms with Gasteiger partial charge in [0.25, 0.3) is 0 Å². The number of halogens is 1. The van der Waals surface area contributed by atoms with Crippen LogP contribution in [0.25, 0.3) is 0 Å². The lowest BCUT2D eigenvalue weighted by Gasteiger charge is -2.21. The molecule has 180 valence electrons. The van der Waals surface area contributed by atoms with Crippen molar-refractivity contribution < 1.29 is 28.7 Å². The SMILES string of the molecule is CC(=O)N[C@@H](Cc1ccccc1F)C(=O)N[C@@H](Cc1ccc(C(=O)c2ccccc2)cc1)C(=O)O. The fraction of sp³-hybridized carbons (Fsp3) is 0.185. The lowest BCUT2D eigenvalue weighted by molar-refractivity contribution is -0.142. The molecule has 0 heterocycles. The highest BCUT2D eigenvalue weighted by Crippen LogP contribution is 2.13. The Balaban J connectivity index is 1.71. The quantitative estimate of drug-likeness (QED) is 0.390. The maximum absolute atomic E-state index is 14.1. The van der Waals surface area contributed by atoms with Gasteiger partial charge >= 0.3 is 5.97 Å². The zero-order valence-electron chi connectivity index (χ0n) is 19.0. The molecule has 3 aromatic rings. The van der Waals surface area contributed by atoms with Crippen molar-refractivity contribution in [3.05, 3.63) is 107 Å². The molecule has 0 radical (unpaired) electrons. The van der Waals surface area contributed by atoms with Crippen LogP contribution in [0.4, 0.5) is 4.39 Å². The van der Waals surface area contributed by atoms with Gasteiger partial charge in [0.1, 0.15) is 17.9 Å². The topological polar surface area (TPSA) is 113 Å². The van der Waals surface area contributed by atoms with Crippen LogP contribution in [0, 0.1) is 5.82 Å². The average Bonchev–Trinajstić information content (AvgIpc) is 2.84. The molecular weight excluding hydrogens is 451 g/mol. The Labute approximate surface area is 202 Å². The summed E-state index contributed by atoms with van der Waals surface area (Å²) < 4.78 is 14.1. The number of rotatable bonds is 10. The zero-order valence-corrected chi connectivity index (χ0v) is 19.0. The number of benzene rings is 3. The Morgan fingerprint density at radius 2 is 1.37 bits per heavy atom. The zero-order chi connectivity index (χ0) is 25.4. The van der Waals surface area contributed by atoms with Crippen molar-refractivity contribution >= 4 is 23.6 Å². The molecule has 0 spiro atoms. The van der Waals surface area contributed by atoms with Crippen LogP contribution in [0.15, 0.2) is 78.9 Å². The number of ketones is 1. The number of carboxylic acids is 1. The van der Waals surface area contributed by atoms with E-state index in [9.17, 15) is 28.7 Å². The Hall–Kier alpha value is -4.33. The molecule has 0 aromatic heterocycles. The summed E-state index contributed by atoms with van der Waals surface area (Å²) in [6, 6.07) is 18.6. The molecular formula is C27H25FN2O5. The van der Waals surface area contributed by atoms with Crippen LogP contribution in [0.5, 0.6) is 0 Å². The Bertz CT molecular complexity index is 1210. The van der Waals surface area contributed by atoms with E-state index >= 15 is 0 Å². The van der Waals surface area contributed by atoms with E-state index in [1.54, 1.807) is 54.6 Å². The molecule has 3 rings (SSSR count). The molecule has 7 nitrogen and oxygen atoms in total. The van der Waals surface area contributed by atoms with Gasteiger partial charge in [-0.25, -0.2) is 9.18 Å². The summed E-state index contributed by atoms with van der Waals surface area (Å²) in [7, 11) is 0. The minimum atomic E-state index is -1.30. The maximum atomic E-state index is 14.1. The minimum absolute atomic E-state index is 0.0482. The van der Waals surface area contributed by atoms with Gasteiger partial charge in [-0.05, 0) is 17.2 Å². The van der Waals surface area contributed by atoms with E-state index in [4.69, 9.17) is 0 Å². The van der Waals surface area contributed by atoms with Crippen molar-refractivity contribution in [1.82, 2.24) is 10.6 Å². The number of hydrogen-bond acceptors (Lipinski definition) is 4. The molecule has 2 amide bonds. The van der Waals surface area contributed by atoms with Crippen molar-refractivity contribution in [2.75, 3.05) is 0 Å². The molecule has 0 unspecified atom stereocenters. The number of aliphatic carboxylic acids is 1. The fourth-order valence-electron chi connectivity index (χ4n) is 3.59. The van der Waals surface area contributed by atoms with E-state index in [1.807, 2.05) is 6.07 Å². The average molecular weight is 477 g/mol.